The van der Waals surface area contributed by atoms with Gasteiger partial charge in [-0.05, 0) is 59.7 Å². The first-order valence-corrected chi connectivity index (χ1v) is 5.90. The highest BCUT2D eigenvalue weighted by Gasteiger charge is 2.24. The van der Waals surface area contributed by atoms with Crippen LogP contribution in [0.1, 0.15) is 19.3 Å². The van der Waals surface area contributed by atoms with Gasteiger partial charge in [0, 0.05) is 15.2 Å². The van der Waals surface area contributed by atoms with E-state index in [0.717, 1.165) is 18.5 Å². The molecular formula is C11H12INO. The highest BCUT2D eigenvalue weighted by atomic mass is 127. The van der Waals surface area contributed by atoms with E-state index in [0.29, 0.717) is 0 Å². The lowest BCUT2D eigenvalue weighted by Gasteiger charge is -2.23. The molecule has 1 aromatic carbocycles. The molecule has 1 aliphatic carbocycles. The van der Waals surface area contributed by atoms with E-state index in [2.05, 4.69) is 27.9 Å². The third kappa shape index (κ3) is 2.26. The summed E-state index contributed by atoms with van der Waals surface area (Å²) >= 11 is 2.25. The van der Waals surface area contributed by atoms with E-state index in [-0.39, 0.29) is 11.8 Å². The number of amides is 1. The van der Waals surface area contributed by atoms with Crippen molar-refractivity contribution in [2.45, 2.75) is 19.3 Å². The van der Waals surface area contributed by atoms with Crippen LogP contribution >= 0.6 is 22.6 Å². The fraction of sp³-hybridized carbons (Fsp3) is 0.364. The van der Waals surface area contributed by atoms with Gasteiger partial charge in [-0.15, -0.1) is 0 Å². The zero-order valence-electron chi connectivity index (χ0n) is 7.79. The molecule has 3 heteroatoms. The topological polar surface area (TPSA) is 29.1 Å². The van der Waals surface area contributed by atoms with Crippen molar-refractivity contribution in [1.29, 1.82) is 0 Å². The Morgan fingerprint density at radius 3 is 2.43 bits per heavy atom. The van der Waals surface area contributed by atoms with Gasteiger partial charge in [0.2, 0.25) is 5.91 Å². The smallest absolute Gasteiger partial charge is 0.227 e. The molecule has 0 radical (unpaired) electrons. The van der Waals surface area contributed by atoms with E-state index >= 15 is 0 Å². The van der Waals surface area contributed by atoms with E-state index in [1.165, 1.54) is 9.99 Å². The molecule has 0 heterocycles. The lowest BCUT2D eigenvalue weighted by molar-refractivity contribution is -0.122. The van der Waals surface area contributed by atoms with Crippen molar-refractivity contribution < 1.29 is 4.79 Å². The Morgan fingerprint density at radius 2 is 1.93 bits per heavy atom. The number of anilines is 1. The summed E-state index contributed by atoms with van der Waals surface area (Å²) in [6.07, 6.45) is 3.30. The summed E-state index contributed by atoms with van der Waals surface area (Å²) in [6.45, 7) is 0. The summed E-state index contributed by atoms with van der Waals surface area (Å²) in [5.41, 5.74) is 0.905. The van der Waals surface area contributed by atoms with Crippen molar-refractivity contribution in [1.82, 2.24) is 0 Å². The summed E-state index contributed by atoms with van der Waals surface area (Å²) in [5, 5.41) is 2.93. The van der Waals surface area contributed by atoms with Crippen molar-refractivity contribution in [2.75, 3.05) is 5.32 Å². The van der Waals surface area contributed by atoms with Crippen LogP contribution in [0.15, 0.2) is 24.3 Å². The zero-order valence-corrected chi connectivity index (χ0v) is 9.95. The molecular weight excluding hydrogens is 289 g/mol. The van der Waals surface area contributed by atoms with Gasteiger partial charge in [0.25, 0.3) is 0 Å². The Bertz CT molecular complexity index is 330. The van der Waals surface area contributed by atoms with Crippen LogP contribution in [0.2, 0.25) is 0 Å². The third-order valence-corrected chi connectivity index (χ3v) is 3.31. The molecule has 74 valence electrons. The number of carbonyl (C=O) groups excluding carboxylic acids is 1. The van der Waals surface area contributed by atoms with Gasteiger partial charge >= 0.3 is 0 Å². The molecule has 0 spiro atoms. The summed E-state index contributed by atoms with van der Waals surface area (Å²) in [6, 6.07) is 7.88. The number of nitrogens with one attached hydrogen (secondary N) is 1. The maximum atomic E-state index is 11.6. The van der Waals surface area contributed by atoms with Crippen LogP contribution in [0.4, 0.5) is 5.69 Å². The van der Waals surface area contributed by atoms with Crippen LogP contribution in [0.5, 0.6) is 0 Å². The van der Waals surface area contributed by atoms with Crippen molar-refractivity contribution in [3.8, 4) is 0 Å². The lowest BCUT2D eigenvalue weighted by atomic mass is 9.85. The monoisotopic (exact) mass is 301 g/mol. The second-order valence-corrected chi connectivity index (χ2v) is 4.87. The van der Waals surface area contributed by atoms with Crippen molar-refractivity contribution >= 4 is 34.2 Å². The van der Waals surface area contributed by atoms with Crippen LogP contribution in [0.3, 0.4) is 0 Å². The minimum atomic E-state index is 0.178. The summed E-state index contributed by atoms with van der Waals surface area (Å²) in [7, 11) is 0. The molecule has 2 nitrogen and oxygen atoms in total. The Balaban J connectivity index is 1.96. The summed E-state index contributed by atoms with van der Waals surface area (Å²) in [5.74, 6) is 0.437. The zero-order chi connectivity index (χ0) is 9.97. The molecule has 1 aliphatic rings. The van der Waals surface area contributed by atoms with Gasteiger partial charge in [-0.2, -0.15) is 0 Å². The van der Waals surface area contributed by atoms with E-state index in [1.54, 1.807) is 0 Å². The molecule has 2 rings (SSSR count). The van der Waals surface area contributed by atoms with Gasteiger partial charge in [0.15, 0.2) is 0 Å². The minimum absolute atomic E-state index is 0.178. The van der Waals surface area contributed by atoms with Gasteiger partial charge in [0.1, 0.15) is 0 Å². The molecule has 14 heavy (non-hydrogen) atoms. The number of hydrogen-bond acceptors (Lipinski definition) is 1. The molecule has 1 saturated carbocycles. The van der Waals surface area contributed by atoms with Crippen molar-refractivity contribution in [3.63, 3.8) is 0 Å². The van der Waals surface area contributed by atoms with E-state index in [4.69, 9.17) is 0 Å². The average Bonchev–Trinajstić information content (AvgIpc) is 2.06. The first kappa shape index (κ1) is 9.96. The Hall–Kier alpha value is -0.580. The van der Waals surface area contributed by atoms with Gasteiger partial charge in [-0.1, -0.05) is 6.42 Å². The highest BCUT2D eigenvalue weighted by molar-refractivity contribution is 14.1. The largest absolute Gasteiger partial charge is 0.326 e. The van der Waals surface area contributed by atoms with Crippen LogP contribution in [0.25, 0.3) is 0 Å². The Labute approximate surface area is 97.2 Å². The van der Waals surface area contributed by atoms with Gasteiger partial charge in [0.05, 0.1) is 0 Å². The van der Waals surface area contributed by atoms with E-state index in [9.17, 15) is 4.79 Å². The lowest BCUT2D eigenvalue weighted by Crippen LogP contribution is -2.27. The predicted molar refractivity (Wildman–Crippen MR) is 65.1 cm³/mol. The second kappa shape index (κ2) is 4.29. The number of halogens is 1. The molecule has 1 amide bonds. The van der Waals surface area contributed by atoms with Crippen LogP contribution in [-0.4, -0.2) is 5.91 Å². The second-order valence-electron chi connectivity index (χ2n) is 3.62. The number of hydrogen-bond donors (Lipinski definition) is 1. The molecule has 1 N–H and O–H groups in total. The Kier molecular flexibility index (Phi) is 3.05. The number of carbonyl (C=O) groups is 1. The molecule has 0 unspecified atom stereocenters. The summed E-state index contributed by atoms with van der Waals surface area (Å²) < 4.78 is 1.18. The average molecular weight is 301 g/mol. The SMILES string of the molecule is O=C(Nc1ccc(I)cc1)C1CCC1. The molecule has 0 bridgehead atoms. The maximum Gasteiger partial charge on any atom is 0.227 e. The fourth-order valence-corrected chi connectivity index (χ4v) is 1.81. The van der Waals surface area contributed by atoms with Gasteiger partial charge in [-0.3, -0.25) is 4.79 Å². The van der Waals surface area contributed by atoms with Gasteiger partial charge in [-0.25, -0.2) is 0 Å². The molecule has 0 atom stereocenters. The highest BCUT2D eigenvalue weighted by Crippen LogP contribution is 2.27. The maximum absolute atomic E-state index is 11.6. The van der Waals surface area contributed by atoms with Crippen LogP contribution in [0, 0.1) is 9.49 Å². The first-order valence-electron chi connectivity index (χ1n) is 4.82. The molecule has 1 fully saturated rings. The van der Waals surface area contributed by atoms with E-state index < -0.39 is 0 Å². The van der Waals surface area contributed by atoms with E-state index in [1.807, 2.05) is 24.3 Å². The standard InChI is InChI=1S/C11H12INO/c12-9-4-6-10(7-5-9)13-11(14)8-2-1-3-8/h4-8H,1-3H2,(H,13,14). The summed E-state index contributed by atoms with van der Waals surface area (Å²) in [4.78, 5) is 11.6. The van der Waals surface area contributed by atoms with Crippen molar-refractivity contribution in [3.05, 3.63) is 27.8 Å². The minimum Gasteiger partial charge on any atom is -0.326 e. The van der Waals surface area contributed by atoms with Gasteiger partial charge < -0.3 is 5.32 Å². The van der Waals surface area contributed by atoms with Crippen LogP contribution < -0.4 is 5.32 Å². The van der Waals surface area contributed by atoms with Crippen molar-refractivity contribution in [2.24, 2.45) is 5.92 Å². The Morgan fingerprint density at radius 1 is 1.29 bits per heavy atom. The normalized spacial score (nSPS) is 16.1. The predicted octanol–water partition coefficient (Wildman–Crippen LogP) is 3.03. The molecule has 1 aromatic rings. The third-order valence-electron chi connectivity index (χ3n) is 2.59. The fourth-order valence-electron chi connectivity index (χ4n) is 1.45. The molecule has 0 aliphatic heterocycles. The first-order chi connectivity index (χ1) is 6.75. The quantitative estimate of drug-likeness (QED) is 0.836. The molecule has 0 saturated heterocycles. The molecule has 0 aromatic heterocycles. The van der Waals surface area contributed by atoms with Crippen LogP contribution in [-0.2, 0) is 4.79 Å². The number of benzene rings is 1. The number of rotatable bonds is 2.